The predicted molar refractivity (Wildman–Crippen MR) is 85.2 cm³/mol. The highest BCUT2D eigenvalue weighted by molar-refractivity contribution is 5.94. The van der Waals surface area contributed by atoms with Gasteiger partial charge in [-0.05, 0) is 31.2 Å². The predicted octanol–water partition coefficient (Wildman–Crippen LogP) is 1.95. The van der Waals surface area contributed by atoms with E-state index in [0.717, 1.165) is 37.3 Å². The number of nitrogen functional groups attached to an aromatic ring is 1. The van der Waals surface area contributed by atoms with Gasteiger partial charge in [0.15, 0.2) is 0 Å². The van der Waals surface area contributed by atoms with Crippen LogP contribution < -0.4 is 5.73 Å². The smallest absolute Gasteiger partial charge is 0.309 e. The maximum atomic E-state index is 11.9. The van der Waals surface area contributed by atoms with Gasteiger partial charge in [-0.3, -0.25) is 15.0 Å². The third-order valence-electron chi connectivity index (χ3n) is 4.31. The molecule has 0 amide bonds. The normalized spacial score (nSPS) is 25.1. The van der Waals surface area contributed by atoms with Gasteiger partial charge in [-0.2, -0.15) is 0 Å². The molecule has 0 spiro atoms. The van der Waals surface area contributed by atoms with Gasteiger partial charge < -0.3 is 15.6 Å². The van der Waals surface area contributed by atoms with E-state index in [0.29, 0.717) is 5.92 Å². The quantitative estimate of drug-likeness (QED) is 0.448. The van der Waals surface area contributed by atoms with E-state index in [4.69, 9.17) is 25.8 Å². The van der Waals surface area contributed by atoms with Gasteiger partial charge in [0.05, 0.1) is 5.92 Å². The molecular weight excluding hydrogens is 296 g/mol. The van der Waals surface area contributed by atoms with Gasteiger partial charge in [-0.15, -0.1) is 0 Å². The molecule has 1 aliphatic carbocycles. The van der Waals surface area contributed by atoms with Crippen molar-refractivity contribution in [1.29, 1.82) is 5.41 Å². The van der Waals surface area contributed by atoms with Gasteiger partial charge in [0.2, 0.25) is 0 Å². The van der Waals surface area contributed by atoms with Crippen LogP contribution in [0.15, 0.2) is 24.3 Å². The number of aliphatic carboxylic acids is 1. The second-order valence-electron chi connectivity index (χ2n) is 6.01. The van der Waals surface area contributed by atoms with Crippen molar-refractivity contribution in [1.82, 2.24) is 0 Å². The molecule has 0 radical (unpaired) electrons. The van der Waals surface area contributed by atoms with Crippen LogP contribution in [0.3, 0.4) is 0 Å². The standard InChI is InChI=1S/C15H18N2O2.C2H4O2/c16-14(17)10-6-4-9(5-7-10)8-12-11-2-1-3-13(11)19-15(12)18;1-2(3)4/h4-7,11-13H,1-3,8H2,(H3,16,17);1H3,(H,3,4)/t11-,12-,13+;/m1./s1. The first-order valence-corrected chi connectivity index (χ1v) is 7.72. The minimum Gasteiger partial charge on any atom is -0.481 e. The number of nitrogens with one attached hydrogen (secondary N) is 1. The molecular formula is C17H22N2O4. The van der Waals surface area contributed by atoms with Crippen LogP contribution >= 0.6 is 0 Å². The lowest BCUT2D eigenvalue weighted by Crippen LogP contribution is -2.19. The first-order valence-electron chi connectivity index (χ1n) is 7.72. The minimum atomic E-state index is -0.833. The van der Waals surface area contributed by atoms with Gasteiger partial charge >= 0.3 is 5.97 Å². The zero-order valence-electron chi connectivity index (χ0n) is 13.1. The lowest BCUT2D eigenvalue weighted by molar-refractivity contribution is -0.144. The maximum Gasteiger partial charge on any atom is 0.309 e. The Labute approximate surface area is 135 Å². The summed E-state index contributed by atoms with van der Waals surface area (Å²) in [6, 6.07) is 7.58. The van der Waals surface area contributed by atoms with E-state index >= 15 is 0 Å². The van der Waals surface area contributed by atoms with Crippen LogP contribution in [-0.2, 0) is 20.7 Å². The van der Waals surface area contributed by atoms with Crippen LogP contribution in [0.5, 0.6) is 0 Å². The van der Waals surface area contributed by atoms with Crippen LogP contribution in [0.1, 0.15) is 37.3 Å². The molecule has 2 fully saturated rings. The Morgan fingerprint density at radius 1 is 1.35 bits per heavy atom. The van der Waals surface area contributed by atoms with Gasteiger partial charge in [0.25, 0.3) is 5.97 Å². The second-order valence-corrected chi connectivity index (χ2v) is 6.01. The third-order valence-corrected chi connectivity index (χ3v) is 4.31. The summed E-state index contributed by atoms with van der Waals surface area (Å²) < 4.78 is 5.44. The van der Waals surface area contributed by atoms with Crippen LogP contribution in [0, 0.1) is 17.2 Å². The number of hydrogen-bond acceptors (Lipinski definition) is 4. The van der Waals surface area contributed by atoms with Crippen molar-refractivity contribution < 1.29 is 19.4 Å². The van der Waals surface area contributed by atoms with Gasteiger partial charge in [0.1, 0.15) is 11.9 Å². The lowest BCUT2D eigenvalue weighted by Gasteiger charge is -2.13. The summed E-state index contributed by atoms with van der Waals surface area (Å²) in [7, 11) is 0. The molecule has 6 heteroatoms. The first kappa shape index (κ1) is 17.0. The number of carboxylic acid groups (broad SMARTS) is 1. The molecule has 2 aliphatic rings. The largest absolute Gasteiger partial charge is 0.481 e. The van der Waals surface area contributed by atoms with Crippen molar-refractivity contribution in [3.05, 3.63) is 35.4 Å². The van der Waals surface area contributed by atoms with Crippen molar-refractivity contribution in [3.63, 3.8) is 0 Å². The van der Waals surface area contributed by atoms with Crippen molar-refractivity contribution in [2.45, 2.75) is 38.7 Å². The highest BCUT2D eigenvalue weighted by atomic mass is 16.6. The number of amidine groups is 1. The molecule has 1 saturated carbocycles. The Morgan fingerprint density at radius 2 is 1.96 bits per heavy atom. The lowest BCUT2D eigenvalue weighted by atomic mass is 9.86. The molecule has 0 bridgehead atoms. The number of carboxylic acids is 1. The molecule has 1 aromatic rings. The molecule has 23 heavy (non-hydrogen) atoms. The molecule has 1 saturated heterocycles. The highest BCUT2D eigenvalue weighted by Gasteiger charge is 2.46. The zero-order chi connectivity index (χ0) is 17.0. The van der Waals surface area contributed by atoms with E-state index in [2.05, 4.69) is 0 Å². The molecule has 0 aromatic heterocycles. The first-order chi connectivity index (χ1) is 10.9. The Morgan fingerprint density at radius 3 is 2.52 bits per heavy atom. The SMILES string of the molecule is CC(=O)O.N=C(N)c1ccc(C[C@H]2C(=O)O[C@H]3CCC[C@@H]32)cc1. The number of fused-ring (bicyclic) bond motifs is 1. The fourth-order valence-corrected chi connectivity index (χ4v) is 3.28. The van der Waals surface area contributed by atoms with E-state index in [9.17, 15) is 4.79 Å². The summed E-state index contributed by atoms with van der Waals surface area (Å²) >= 11 is 0. The second kappa shape index (κ2) is 7.26. The van der Waals surface area contributed by atoms with E-state index in [1.54, 1.807) is 0 Å². The fraction of sp³-hybridized carbons (Fsp3) is 0.471. The summed E-state index contributed by atoms with van der Waals surface area (Å²) in [5.74, 6) is -0.385. The Balaban J connectivity index is 0.000000433. The molecule has 1 aromatic carbocycles. The number of hydrogen-bond donors (Lipinski definition) is 3. The van der Waals surface area contributed by atoms with Crippen LogP contribution in [0.2, 0.25) is 0 Å². The summed E-state index contributed by atoms with van der Waals surface area (Å²) in [6.07, 6.45) is 4.19. The van der Waals surface area contributed by atoms with E-state index in [1.165, 1.54) is 6.42 Å². The third kappa shape index (κ3) is 4.31. The Kier molecular flexibility index (Phi) is 5.36. The van der Waals surface area contributed by atoms with Crippen molar-refractivity contribution >= 4 is 17.8 Å². The summed E-state index contributed by atoms with van der Waals surface area (Å²) in [6.45, 7) is 1.08. The summed E-state index contributed by atoms with van der Waals surface area (Å²) in [4.78, 5) is 20.9. The van der Waals surface area contributed by atoms with Gasteiger partial charge in [-0.25, -0.2) is 0 Å². The van der Waals surface area contributed by atoms with Crippen molar-refractivity contribution in [2.24, 2.45) is 17.6 Å². The van der Waals surface area contributed by atoms with Crippen molar-refractivity contribution in [3.8, 4) is 0 Å². The van der Waals surface area contributed by atoms with Crippen LogP contribution in [0.25, 0.3) is 0 Å². The van der Waals surface area contributed by atoms with E-state index in [-0.39, 0.29) is 23.8 Å². The molecule has 1 aliphatic heterocycles. The van der Waals surface area contributed by atoms with Crippen LogP contribution in [0.4, 0.5) is 0 Å². The number of carbonyl (C=O) groups excluding carboxylic acids is 1. The number of benzene rings is 1. The average Bonchev–Trinajstić information content (AvgIpc) is 3.02. The molecule has 6 nitrogen and oxygen atoms in total. The molecule has 3 atom stereocenters. The highest BCUT2D eigenvalue weighted by Crippen LogP contribution is 2.41. The molecule has 0 unspecified atom stereocenters. The molecule has 1 heterocycles. The topological polar surface area (TPSA) is 113 Å². The van der Waals surface area contributed by atoms with Crippen LogP contribution in [-0.4, -0.2) is 29.0 Å². The number of rotatable bonds is 3. The van der Waals surface area contributed by atoms with Crippen molar-refractivity contribution in [2.75, 3.05) is 0 Å². The number of nitrogens with two attached hydrogens (primary N) is 1. The number of carbonyl (C=O) groups is 2. The fourth-order valence-electron chi connectivity index (χ4n) is 3.28. The molecule has 3 rings (SSSR count). The minimum absolute atomic E-state index is 0.00989. The number of ether oxygens (including phenoxy) is 1. The maximum absolute atomic E-state index is 11.9. The Hall–Kier alpha value is -2.37. The molecule has 124 valence electrons. The van der Waals surface area contributed by atoms with Gasteiger partial charge in [-0.1, -0.05) is 24.3 Å². The number of esters is 1. The van der Waals surface area contributed by atoms with E-state index in [1.807, 2.05) is 24.3 Å². The molecule has 4 N–H and O–H groups in total. The Bertz CT molecular complexity index is 593. The monoisotopic (exact) mass is 318 g/mol. The summed E-state index contributed by atoms with van der Waals surface area (Å²) in [5, 5.41) is 14.8. The van der Waals surface area contributed by atoms with E-state index < -0.39 is 5.97 Å². The zero-order valence-corrected chi connectivity index (χ0v) is 13.1. The van der Waals surface area contributed by atoms with Gasteiger partial charge in [0, 0.05) is 18.4 Å². The average molecular weight is 318 g/mol. The summed E-state index contributed by atoms with van der Waals surface area (Å²) in [5.41, 5.74) is 7.26.